The first kappa shape index (κ1) is 23.6. The van der Waals surface area contributed by atoms with Crippen LogP contribution in [-0.4, -0.2) is 45.4 Å². The molecule has 31 heavy (non-hydrogen) atoms. The highest BCUT2D eigenvalue weighted by Gasteiger charge is 2.40. The van der Waals surface area contributed by atoms with E-state index in [1.54, 1.807) is 32.6 Å². The predicted molar refractivity (Wildman–Crippen MR) is 122 cm³/mol. The second-order valence-electron chi connectivity index (χ2n) is 8.11. The van der Waals surface area contributed by atoms with E-state index >= 15 is 0 Å². The van der Waals surface area contributed by atoms with Crippen LogP contribution in [0.5, 0.6) is 11.5 Å². The topological polar surface area (TPSA) is 65.1 Å². The fourth-order valence-electron chi connectivity index (χ4n) is 4.05. The van der Waals surface area contributed by atoms with E-state index in [0.29, 0.717) is 5.92 Å². The zero-order valence-corrected chi connectivity index (χ0v) is 19.6. The van der Waals surface area contributed by atoms with Gasteiger partial charge in [-0.15, -0.1) is 0 Å². The quantitative estimate of drug-likeness (QED) is 0.516. The standard InChI is InChI=1S/C24H33NO5S/c1-18(24(30-4)21-6-5-7-21)31(26,27)25(16-19-8-12-22(28-2)13-9-19)17-20-10-14-23(29-3)15-11-20/h8-15,18,21,24H,5-7,16-17H2,1-4H3/t18-,24+/m0/s1. The highest BCUT2D eigenvalue weighted by atomic mass is 32.2. The third kappa shape index (κ3) is 5.59. The van der Waals surface area contributed by atoms with Gasteiger partial charge in [0.05, 0.1) is 25.6 Å². The molecule has 0 aliphatic heterocycles. The Balaban J connectivity index is 1.87. The van der Waals surface area contributed by atoms with Gasteiger partial charge >= 0.3 is 0 Å². The average Bonchev–Trinajstić information content (AvgIpc) is 2.76. The molecule has 0 saturated heterocycles. The molecule has 1 aliphatic rings. The molecule has 7 heteroatoms. The molecule has 0 bridgehead atoms. The molecular weight excluding hydrogens is 414 g/mol. The maximum Gasteiger partial charge on any atom is 0.219 e. The first-order valence-corrected chi connectivity index (χ1v) is 12.2. The minimum absolute atomic E-state index is 0.282. The third-order valence-corrected chi connectivity index (χ3v) is 8.40. The molecule has 2 atom stereocenters. The Hall–Kier alpha value is -2.09. The lowest BCUT2D eigenvalue weighted by Crippen LogP contribution is -2.47. The molecule has 170 valence electrons. The van der Waals surface area contributed by atoms with Crippen LogP contribution in [0.15, 0.2) is 48.5 Å². The van der Waals surface area contributed by atoms with Crippen molar-refractivity contribution in [1.29, 1.82) is 0 Å². The Kier molecular flexibility index (Phi) is 7.97. The summed E-state index contributed by atoms with van der Waals surface area (Å²) in [6.07, 6.45) is 2.89. The van der Waals surface area contributed by atoms with Gasteiger partial charge in [0.2, 0.25) is 10.0 Å². The van der Waals surface area contributed by atoms with Gasteiger partial charge in [-0.1, -0.05) is 30.7 Å². The molecule has 0 N–H and O–H groups in total. The number of hydrogen-bond acceptors (Lipinski definition) is 5. The van der Waals surface area contributed by atoms with E-state index in [1.807, 2.05) is 48.5 Å². The van der Waals surface area contributed by atoms with Crippen LogP contribution in [0.4, 0.5) is 0 Å². The smallest absolute Gasteiger partial charge is 0.219 e. The van der Waals surface area contributed by atoms with Crippen molar-refractivity contribution in [2.75, 3.05) is 21.3 Å². The molecule has 1 fully saturated rings. The minimum atomic E-state index is -3.62. The van der Waals surface area contributed by atoms with E-state index in [9.17, 15) is 8.42 Å². The van der Waals surface area contributed by atoms with Gasteiger partial charge in [0.25, 0.3) is 0 Å². The lowest BCUT2D eigenvalue weighted by atomic mass is 9.80. The van der Waals surface area contributed by atoms with Gasteiger partial charge in [-0.05, 0) is 61.1 Å². The molecule has 0 unspecified atom stereocenters. The Labute approximate surface area is 186 Å². The molecule has 0 amide bonds. The van der Waals surface area contributed by atoms with Crippen molar-refractivity contribution >= 4 is 10.0 Å². The SMILES string of the molecule is COc1ccc(CN(Cc2ccc(OC)cc2)S(=O)(=O)[C@@H](C)[C@@H](OC)C2CCC2)cc1. The van der Waals surface area contributed by atoms with Crippen molar-refractivity contribution in [2.45, 2.75) is 50.6 Å². The van der Waals surface area contributed by atoms with Crippen LogP contribution in [-0.2, 0) is 27.8 Å². The van der Waals surface area contributed by atoms with Gasteiger partial charge < -0.3 is 14.2 Å². The molecule has 0 radical (unpaired) electrons. The van der Waals surface area contributed by atoms with Gasteiger partial charge in [0.15, 0.2) is 0 Å². The van der Waals surface area contributed by atoms with E-state index in [-0.39, 0.29) is 19.2 Å². The minimum Gasteiger partial charge on any atom is -0.497 e. The normalized spacial score (nSPS) is 16.5. The fraction of sp³-hybridized carbons (Fsp3) is 0.500. The first-order chi connectivity index (χ1) is 14.9. The Morgan fingerprint density at radius 3 is 1.65 bits per heavy atom. The van der Waals surface area contributed by atoms with Gasteiger partial charge in [0.1, 0.15) is 11.5 Å². The zero-order valence-electron chi connectivity index (χ0n) is 18.8. The lowest BCUT2D eigenvalue weighted by Gasteiger charge is -2.37. The maximum atomic E-state index is 13.7. The van der Waals surface area contributed by atoms with Crippen molar-refractivity contribution in [3.63, 3.8) is 0 Å². The van der Waals surface area contributed by atoms with Crippen molar-refractivity contribution in [1.82, 2.24) is 4.31 Å². The Morgan fingerprint density at radius 2 is 1.32 bits per heavy atom. The van der Waals surface area contributed by atoms with Crippen LogP contribution in [0.2, 0.25) is 0 Å². The second kappa shape index (κ2) is 10.5. The van der Waals surface area contributed by atoms with Gasteiger partial charge in [-0.25, -0.2) is 8.42 Å². The monoisotopic (exact) mass is 447 g/mol. The molecule has 0 spiro atoms. The van der Waals surface area contributed by atoms with E-state index < -0.39 is 15.3 Å². The number of rotatable bonds is 11. The summed E-state index contributed by atoms with van der Waals surface area (Å²) in [5.41, 5.74) is 1.81. The Bertz CT molecular complexity index is 874. The molecule has 0 aromatic heterocycles. The van der Waals surface area contributed by atoms with E-state index in [4.69, 9.17) is 14.2 Å². The fourth-order valence-corrected chi connectivity index (χ4v) is 5.85. The summed E-state index contributed by atoms with van der Waals surface area (Å²) in [6.45, 7) is 2.34. The van der Waals surface area contributed by atoms with Gasteiger partial charge in [-0.2, -0.15) is 4.31 Å². The first-order valence-electron chi connectivity index (χ1n) is 10.7. The number of sulfonamides is 1. The molecule has 2 aromatic rings. The molecule has 1 saturated carbocycles. The Morgan fingerprint density at radius 1 is 0.871 bits per heavy atom. The lowest BCUT2D eigenvalue weighted by molar-refractivity contribution is 0.0182. The summed E-state index contributed by atoms with van der Waals surface area (Å²) < 4.78 is 45.1. The van der Waals surface area contributed by atoms with Gasteiger partial charge in [0, 0.05) is 20.2 Å². The van der Waals surface area contributed by atoms with Crippen LogP contribution in [0.1, 0.15) is 37.3 Å². The molecule has 3 rings (SSSR count). The van der Waals surface area contributed by atoms with E-state index in [1.165, 1.54) is 0 Å². The molecular formula is C24H33NO5S. The van der Waals surface area contributed by atoms with Crippen molar-refractivity contribution in [3.05, 3.63) is 59.7 Å². The summed E-state index contributed by atoms with van der Waals surface area (Å²) in [4.78, 5) is 0. The third-order valence-electron chi connectivity index (χ3n) is 6.21. The summed E-state index contributed by atoms with van der Waals surface area (Å²) >= 11 is 0. The zero-order chi connectivity index (χ0) is 22.4. The van der Waals surface area contributed by atoms with Crippen molar-refractivity contribution in [2.24, 2.45) is 5.92 Å². The predicted octanol–water partition coefficient (Wildman–Crippen LogP) is 4.24. The van der Waals surface area contributed by atoms with E-state index in [0.717, 1.165) is 41.9 Å². The highest BCUT2D eigenvalue weighted by Crippen LogP contribution is 2.35. The molecule has 0 heterocycles. The van der Waals surface area contributed by atoms with Crippen LogP contribution in [0.3, 0.4) is 0 Å². The molecule has 6 nitrogen and oxygen atoms in total. The number of ether oxygens (including phenoxy) is 3. The summed E-state index contributed by atoms with van der Waals surface area (Å²) in [6, 6.07) is 15.0. The summed E-state index contributed by atoms with van der Waals surface area (Å²) in [5.74, 6) is 1.79. The van der Waals surface area contributed by atoms with Crippen molar-refractivity contribution in [3.8, 4) is 11.5 Å². The number of hydrogen-bond donors (Lipinski definition) is 0. The van der Waals surface area contributed by atoms with Crippen molar-refractivity contribution < 1.29 is 22.6 Å². The highest BCUT2D eigenvalue weighted by molar-refractivity contribution is 7.89. The summed E-state index contributed by atoms with van der Waals surface area (Å²) in [7, 11) is 1.23. The number of nitrogens with zero attached hydrogens (tertiary/aromatic N) is 1. The number of methoxy groups -OCH3 is 3. The second-order valence-corrected chi connectivity index (χ2v) is 10.4. The molecule has 1 aliphatic carbocycles. The van der Waals surface area contributed by atoms with Crippen LogP contribution < -0.4 is 9.47 Å². The van der Waals surface area contributed by atoms with Crippen LogP contribution >= 0.6 is 0 Å². The average molecular weight is 448 g/mol. The van der Waals surface area contributed by atoms with Gasteiger partial charge in [-0.3, -0.25) is 0 Å². The van der Waals surface area contributed by atoms with Crippen LogP contribution in [0, 0.1) is 5.92 Å². The number of benzene rings is 2. The molecule has 2 aromatic carbocycles. The maximum absolute atomic E-state index is 13.7. The largest absolute Gasteiger partial charge is 0.497 e. The van der Waals surface area contributed by atoms with E-state index in [2.05, 4.69) is 0 Å². The summed E-state index contributed by atoms with van der Waals surface area (Å²) in [5, 5.41) is -0.626. The van der Waals surface area contributed by atoms with Crippen LogP contribution in [0.25, 0.3) is 0 Å².